The number of aromatic nitrogens is 5. The summed E-state index contributed by atoms with van der Waals surface area (Å²) in [6.07, 6.45) is 6.80. The fraction of sp³-hybridized carbons (Fsp3) is 0.294. The standard InChI is InChI=1S/C17H21N7/c1-13(2)23(3)17-7-4-14(9-21-17)8-19-16-6-5-15(10-20-16)24-12-18-11-22-24/h4-7,9-13H,8H2,1-3H3,(H,19,20). The molecule has 0 saturated carbocycles. The molecule has 3 aromatic heterocycles. The average molecular weight is 323 g/mol. The summed E-state index contributed by atoms with van der Waals surface area (Å²) in [6, 6.07) is 8.42. The maximum Gasteiger partial charge on any atom is 0.138 e. The molecule has 0 atom stereocenters. The van der Waals surface area contributed by atoms with Crippen LogP contribution >= 0.6 is 0 Å². The molecule has 3 aromatic rings. The summed E-state index contributed by atoms with van der Waals surface area (Å²) < 4.78 is 1.67. The summed E-state index contributed by atoms with van der Waals surface area (Å²) in [7, 11) is 2.05. The first-order valence-electron chi connectivity index (χ1n) is 7.86. The quantitative estimate of drug-likeness (QED) is 0.751. The number of hydrogen-bond donors (Lipinski definition) is 1. The summed E-state index contributed by atoms with van der Waals surface area (Å²) in [5.41, 5.74) is 1.99. The molecule has 124 valence electrons. The molecule has 0 amide bonds. The van der Waals surface area contributed by atoms with E-state index in [1.807, 2.05) is 31.4 Å². The van der Waals surface area contributed by atoms with Crippen molar-refractivity contribution in [2.75, 3.05) is 17.3 Å². The minimum absolute atomic E-state index is 0.425. The molecule has 0 aliphatic carbocycles. The predicted molar refractivity (Wildman–Crippen MR) is 94.3 cm³/mol. The molecule has 0 aromatic carbocycles. The van der Waals surface area contributed by atoms with Crippen LogP contribution in [-0.2, 0) is 6.54 Å². The zero-order valence-corrected chi connectivity index (χ0v) is 14.1. The van der Waals surface area contributed by atoms with Gasteiger partial charge in [-0.3, -0.25) is 0 Å². The van der Waals surface area contributed by atoms with E-state index in [1.165, 1.54) is 6.33 Å². The average Bonchev–Trinajstić information content (AvgIpc) is 3.15. The summed E-state index contributed by atoms with van der Waals surface area (Å²) in [5.74, 6) is 1.78. The second-order valence-electron chi connectivity index (χ2n) is 5.82. The summed E-state index contributed by atoms with van der Waals surface area (Å²) >= 11 is 0. The van der Waals surface area contributed by atoms with Crippen LogP contribution < -0.4 is 10.2 Å². The van der Waals surface area contributed by atoms with E-state index < -0.39 is 0 Å². The Morgan fingerprint density at radius 1 is 1.12 bits per heavy atom. The minimum atomic E-state index is 0.425. The second-order valence-corrected chi connectivity index (χ2v) is 5.82. The SMILES string of the molecule is CC(C)N(C)c1ccc(CNc2ccc(-n3cncn3)cn2)cn1. The molecule has 0 aliphatic rings. The molecule has 3 heterocycles. The Morgan fingerprint density at radius 3 is 2.58 bits per heavy atom. The van der Waals surface area contributed by atoms with Gasteiger partial charge in [0.05, 0.1) is 11.9 Å². The van der Waals surface area contributed by atoms with Crippen molar-refractivity contribution in [2.24, 2.45) is 0 Å². The third-order valence-corrected chi connectivity index (χ3v) is 3.85. The molecule has 1 N–H and O–H groups in total. The first kappa shape index (κ1) is 15.9. The molecule has 0 unspecified atom stereocenters. The van der Waals surface area contributed by atoms with Gasteiger partial charge in [-0.1, -0.05) is 6.07 Å². The predicted octanol–water partition coefficient (Wildman–Crippen LogP) is 2.51. The second kappa shape index (κ2) is 7.08. The molecule has 7 nitrogen and oxygen atoms in total. The number of pyridine rings is 2. The van der Waals surface area contributed by atoms with Crippen LogP contribution in [-0.4, -0.2) is 37.8 Å². The topological polar surface area (TPSA) is 71.8 Å². The summed E-state index contributed by atoms with van der Waals surface area (Å²) in [4.78, 5) is 15.0. The zero-order valence-electron chi connectivity index (χ0n) is 14.1. The van der Waals surface area contributed by atoms with Crippen LogP contribution in [0.3, 0.4) is 0 Å². The fourth-order valence-electron chi connectivity index (χ4n) is 2.15. The lowest BCUT2D eigenvalue weighted by Crippen LogP contribution is -2.26. The highest BCUT2D eigenvalue weighted by molar-refractivity contribution is 5.42. The molecular formula is C17H21N7. The third-order valence-electron chi connectivity index (χ3n) is 3.85. The van der Waals surface area contributed by atoms with Gasteiger partial charge in [-0.15, -0.1) is 0 Å². The molecule has 3 rings (SSSR count). The van der Waals surface area contributed by atoms with Crippen LogP contribution in [0.4, 0.5) is 11.6 Å². The van der Waals surface area contributed by atoms with Gasteiger partial charge >= 0.3 is 0 Å². The van der Waals surface area contributed by atoms with Crippen LogP contribution in [0.2, 0.25) is 0 Å². The maximum absolute atomic E-state index is 4.51. The Bertz CT molecular complexity index is 749. The van der Waals surface area contributed by atoms with E-state index in [0.717, 1.165) is 22.9 Å². The molecule has 0 radical (unpaired) electrons. The van der Waals surface area contributed by atoms with Crippen molar-refractivity contribution in [3.63, 3.8) is 0 Å². The van der Waals surface area contributed by atoms with Gasteiger partial charge in [-0.2, -0.15) is 5.10 Å². The van der Waals surface area contributed by atoms with Gasteiger partial charge in [-0.05, 0) is 37.6 Å². The first-order chi connectivity index (χ1) is 11.6. The Morgan fingerprint density at radius 2 is 2.00 bits per heavy atom. The van der Waals surface area contributed by atoms with Crippen molar-refractivity contribution in [1.82, 2.24) is 24.7 Å². The van der Waals surface area contributed by atoms with E-state index in [1.54, 1.807) is 17.2 Å². The van der Waals surface area contributed by atoms with E-state index in [-0.39, 0.29) is 0 Å². The van der Waals surface area contributed by atoms with Crippen molar-refractivity contribution in [1.29, 1.82) is 0 Å². The number of rotatable bonds is 6. The van der Waals surface area contributed by atoms with E-state index >= 15 is 0 Å². The lowest BCUT2D eigenvalue weighted by molar-refractivity contribution is 0.742. The Hall–Kier alpha value is -2.96. The lowest BCUT2D eigenvalue weighted by Gasteiger charge is -2.22. The van der Waals surface area contributed by atoms with E-state index in [0.29, 0.717) is 12.6 Å². The van der Waals surface area contributed by atoms with Gasteiger partial charge in [0, 0.05) is 25.8 Å². The number of hydrogen-bond acceptors (Lipinski definition) is 6. The summed E-state index contributed by atoms with van der Waals surface area (Å²) in [5, 5.41) is 7.37. The van der Waals surface area contributed by atoms with Gasteiger partial charge in [0.2, 0.25) is 0 Å². The largest absolute Gasteiger partial charge is 0.366 e. The highest BCUT2D eigenvalue weighted by atomic mass is 15.3. The Balaban J connectivity index is 1.59. The number of nitrogens with one attached hydrogen (secondary N) is 1. The van der Waals surface area contributed by atoms with Gasteiger partial charge in [0.25, 0.3) is 0 Å². The lowest BCUT2D eigenvalue weighted by atomic mass is 10.2. The molecule has 0 aliphatic heterocycles. The highest BCUT2D eigenvalue weighted by Crippen LogP contribution is 2.14. The minimum Gasteiger partial charge on any atom is -0.366 e. The smallest absolute Gasteiger partial charge is 0.138 e. The normalized spacial score (nSPS) is 10.8. The number of anilines is 2. The van der Waals surface area contributed by atoms with Gasteiger partial charge in [-0.25, -0.2) is 19.6 Å². The van der Waals surface area contributed by atoms with Crippen molar-refractivity contribution in [3.8, 4) is 5.69 Å². The molecular weight excluding hydrogens is 302 g/mol. The molecule has 0 fully saturated rings. The van der Waals surface area contributed by atoms with Crippen molar-refractivity contribution >= 4 is 11.6 Å². The first-order valence-corrected chi connectivity index (χ1v) is 7.86. The zero-order chi connectivity index (χ0) is 16.9. The third kappa shape index (κ3) is 3.68. The highest BCUT2D eigenvalue weighted by Gasteiger charge is 2.06. The molecule has 7 heteroatoms. The van der Waals surface area contributed by atoms with Crippen LogP contribution in [0.5, 0.6) is 0 Å². The van der Waals surface area contributed by atoms with Crippen molar-refractivity contribution in [2.45, 2.75) is 26.4 Å². The Labute approximate surface area is 141 Å². The number of nitrogens with zero attached hydrogens (tertiary/aromatic N) is 6. The van der Waals surface area contributed by atoms with Crippen molar-refractivity contribution < 1.29 is 0 Å². The van der Waals surface area contributed by atoms with Crippen molar-refractivity contribution in [3.05, 3.63) is 54.9 Å². The van der Waals surface area contributed by atoms with Crippen LogP contribution in [0.15, 0.2) is 49.3 Å². The van der Waals surface area contributed by atoms with Crippen LogP contribution in [0.25, 0.3) is 5.69 Å². The van der Waals surface area contributed by atoms with Gasteiger partial charge < -0.3 is 10.2 Å². The summed E-state index contributed by atoms with van der Waals surface area (Å²) in [6.45, 7) is 4.96. The molecule has 0 spiro atoms. The van der Waals surface area contributed by atoms with E-state index in [4.69, 9.17) is 0 Å². The Kier molecular flexibility index (Phi) is 4.69. The molecule has 0 saturated heterocycles. The maximum atomic E-state index is 4.51. The van der Waals surface area contributed by atoms with Gasteiger partial charge in [0.1, 0.15) is 24.3 Å². The monoisotopic (exact) mass is 323 g/mol. The van der Waals surface area contributed by atoms with E-state index in [9.17, 15) is 0 Å². The van der Waals surface area contributed by atoms with Gasteiger partial charge in [0.15, 0.2) is 0 Å². The fourth-order valence-corrected chi connectivity index (χ4v) is 2.15. The van der Waals surface area contributed by atoms with Crippen LogP contribution in [0.1, 0.15) is 19.4 Å². The molecule has 0 bridgehead atoms. The van der Waals surface area contributed by atoms with Crippen LogP contribution in [0, 0.1) is 0 Å². The molecule has 24 heavy (non-hydrogen) atoms. The van der Waals surface area contributed by atoms with E-state index in [2.05, 4.69) is 50.2 Å².